The highest BCUT2D eigenvalue weighted by molar-refractivity contribution is 7.88. The van der Waals surface area contributed by atoms with Gasteiger partial charge in [-0.15, -0.1) is 0 Å². The van der Waals surface area contributed by atoms with Crippen molar-refractivity contribution in [1.82, 2.24) is 9.62 Å². The molecule has 8 heteroatoms. The number of methoxy groups -OCH3 is 1. The zero-order valence-corrected chi connectivity index (χ0v) is 17.3. The first-order valence-electron chi connectivity index (χ1n) is 9.27. The Hall–Kier alpha value is -1.80. The molecule has 1 N–H and O–H groups in total. The molecule has 0 bridgehead atoms. The summed E-state index contributed by atoms with van der Waals surface area (Å²) in [7, 11) is -1.71. The first kappa shape index (κ1) is 21.5. The summed E-state index contributed by atoms with van der Waals surface area (Å²) in [5.41, 5.74) is 0.458. The Kier molecular flexibility index (Phi) is 7.49. The highest BCUT2D eigenvalue weighted by Gasteiger charge is 2.27. The Morgan fingerprint density at radius 3 is 2.70 bits per heavy atom. The summed E-state index contributed by atoms with van der Waals surface area (Å²) in [6, 6.07) is 4.88. The van der Waals surface area contributed by atoms with E-state index in [4.69, 9.17) is 9.47 Å². The summed E-state index contributed by atoms with van der Waals surface area (Å²) in [6.45, 7) is 5.65. The number of hydrogen-bond acceptors (Lipinski definition) is 5. The van der Waals surface area contributed by atoms with Crippen LogP contribution in [-0.2, 0) is 10.0 Å². The molecular weight excluding hydrogens is 368 g/mol. The molecule has 1 fully saturated rings. The van der Waals surface area contributed by atoms with Gasteiger partial charge in [0.2, 0.25) is 10.0 Å². The summed E-state index contributed by atoms with van der Waals surface area (Å²) < 4.78 is 35.9. The second-order valence-corrected chi connectivity index (χ2v) is 9.31. The Bertz CT molecular complexity index is 748. The number of ether oxygens (including phenoxy) is 2. The van der Waals surface area contributed by atoms with E-state index >= 15 is 0 Å². The SMILES string of the molecule is COc1cc(C(=O)NC2CCCN(S(C)(=O)=O)C2)ccc1OCCC(C)C. The lowest BCUT2D eigenvalue weighted by Crippen LogP contribution is -2.49. The van der Waals surface area contributed by atoms with E-state index in [0.29, 0.717) is 42.7 Å². The summed E-state index contributed by atoms with van der Waals surface area (Å²) in [6.07, 6.45) is 3.61. The molecule has 0 spiro atoms. The van der Waals surface area contributed by atoms with Gasteiger partial charge in [0.25, 0.3) is 5.91 Å². The van der Waals surface area contributed by atoms with Crippen molar-refractivity contribution in [3.63, 3.8) is 0 Å². The van der Waals surface area contributed by atoms with Gasteiger partial charge in [-0.25, -0.2) is 12.7 Å². The first-order valence-corrected chi connectivity index (χ1v) is 11.1. The molecule has 0 aromatic heterocycles. The van der Waals surface area contributed by atoms with Gasteiger partial charge >= 0.3 is 0 Å². The Labute approximate surface area is 162 Å². The molecule has 1 unspecified atom stereocenters. The van der Waals surface area contributed by atoms with Gasteiger partial charge in [0.15, 0.2) is 11.5 Å². The van der Waals surface area contributed by atoms with E-state index in [1.54, 1.807) is 18.2 Å². The van der Waals surface area contributed by atoms with Crippen molar-refractivity contribution >= 4 is 15.9 Å². The lowest BCUT2D eigenvalue weighted by atomic mass is 10.1. The molecule has 1 heterocycles. The highest BCUT2D eigenvalue weighted by atomic mass is 32.2. The summed E-state index contributed by atoms with van der Waals surface area (Å²) in [5, 5.41) is 2.92. The zero-order valence-electron chi connectivity index (χ0n) is 16.5. The predicted octanol–water partition coefficient (Wildman–Crippen LogP) is 2.27. The highest BCUT2D eigenvalue weighted by Crippen LogP contribution is 2.28. The fourth-order valence-electron chi connectivity index (χ4n) is 2.96. The Balaban J connectivity index is 2.01. The number of piperidine rings is 1. The predicted molar refractivity (Wildman–Crippen MR) is 105 cm³/mol. The van der Waals surface area contributed by atoms with Crippen molar-refractivity contribution in [3.8, 4) is 11.5 Å². The van der Waals surface area contributed by atoms with Crippen LogP contribution in [0.5, 0.6) is 11.5 Å². The van der Waals surface area contributed by atoms with E-state index in [1.807, 2.05) is 0 Å². The van der Waals surface area contributed by atoms with E-state index in [2.05, 4.69) is 19.2 Å². The topological polar surface area (TPSA) is 84.9 Å². The molecule has 7 nitrogen and oxygen atoms in total. The van der Waals surface area contributed by atoms with Crippen LogP contribution in [0.1, 0.15) is 43.5 Å². The van der Waals surface area contributed by atoms with Crippen molar-refractivity contribution in [2.75, 3.05) is 33.1 Å². The minimum Gasteiger partial charge on any atom is -0.493 e. The molecule has 1 aliphatic heterocycles. The van der Waals surface area contributed by atoms with Gasteiger partial charge in [-0.1, -0.05) is 13.8 Å². The summed E-state index contributed by atoms with van der Waals surface area (Å²) >= 11 is 0. The third-order valence-electron chi connectivity index (χ3n) is 4.57. The van der Waals surface area contributed by atoms with Crippen LogP contribution in [0.4, 0.5) is 0 Å². The normalized spacial score (nSPS) is 18.3. The molecule has 1 aliphatic rings. The molecule has 0 saturated carbocycles. The van der Waals surface area contributed by atoms with Crippen molar-refractivity contribution in [2.45, 2.75) is 39.2 Å². The molecule has 152 valence electrons. The summed E-state index contributed by atoms with van der Waals surface area (Å²) in [4.78, 5) is 12.6. The second-order valence-electron chi connectivity index (χ2n) is 7.33. The molecule has 27 heavy (non-hydrogen) atoms. The van der Waals surface area contributed by atoms with Gasteiger partial charge in [0, 0.05) is 24.7 Å². The molecule has 2 rings (SSSR count). The van der Waals surface area contributed by atoms with Crippen molar-refractivity contribution in [1.29, 1.82) is 0 Å². The van der Waals surface area contributed by atoms with Crippen LogP contribution in [0.25, 0.3) is 0 Å². The van der Waals surface area contributed by atoms with Crippen LogP contribution >= 0.6 is 0 Å². The van der Waals surface area contributed by atoms with Crippen LogP contribution in [0.2, 0.25) is 0 Å². The number of nitrogens with zero attached hydrogens (tertiary/aromatic N) is 1. The maximum Gasteiger partial charge on any atom is 0.251 e. The van der Waals surface area contributed by atoms with Crippen LogP contribution in [0, 0.1) is 5.92 Å². The number of nitrogens with one attached hydrogen (secondary N) is 1. The van der Waals surface area contributed by atoms with E-state index in [9.17, 15) is 13.2 Å². The van der Waals surface area contributed by atoms with E-state index in [0.717, 1.165) is 19.3 Å². The van der Waals surface area contributed by atoms with Crippen LogP contribution in [0.15, 0.2) is 18.2 Å². The van der Waals surface area contributed by atoms with Gasteiger partial charge in [-0.2, -0.15) is 0 Å². The number of rotatable bonds is 8. The number of benzene rings is 1. The van der Waals surface area contributed by atoms with Crippen molar-refractivity contribution in [3.05, 3.63) is 23.8 Å². The average Bonchev–Trinajstić information content (AvgIpc) is 2.61. The van der Waals surface area contributed by atoms with Gasteiger partial charge in [-0.3, -0.25) is 4.79 Å². The number of sulfonamides is 1. The maximum atomic E-state index is 12.6. The van der Waals surface area contributed by atoms with E-state index in [1.165, 1.54) is 17.7 Å². The second kappa shape index (κ2) is 9.41. The third kappa shape index (κ3) is 6.39. The van der Waals surface area contributed by atoms with Gasteiger partial charge in [0.1, 0.15) is 0 Å². The molecule has 0 radical (unpaired) electrons. The zero-order chi connectivity index (χ0) is 20.0. The van der Waals surface area contributed by atoms with Gasteiger partial charge in [0.05, 0.1) is 20.0 Å². The molecule has 1 atom stereocenters. The average molecular weight is 399 g/mol. The van der Waals surface area contributed by atoms with Crippen molar-refractivity contribution in [2.24, 2.45) is 5.92 Å². The van der Waals surface area contributed by atoms with Crippen molar-refractivity contribution < 1.29 is 22.7 Å². The molecular formula is C19H30N2O5S. The van der Waals surface area contributed by atoms with Crippen LogP contribution in [-0.4, -0.2) is 57.7 Å². The largest absolute Gasteiger partial charge is 0.493 e. The van der Waals surface area contributed by atoms with E-state index < -0.39 is 10.0 Å². The fourth-order valence-corrected chi connectivity index (χ4v) is 3.87. The summed E-state index contributed by atoms with van der Waals surface area (Å²) in [5.74, 6) is 1.41. The van der Waals surface area contributed by atoms with Gasteiger partial charge in [-0.05, 0) is 43.4 Å². The minimum absolute atomic E-state index is 0.200. The quantitative estimate of drug-likeness (QED) is 0.726. The monoisotopic (exact) mass is 398 g/mol. The Morgan fingerprint density at radius 2 is 2.07 bits per heavy atom. The minimum atomic E-state index is -3.25. The third-order valence-corrected chi connectivity index (χ3v) is 5.84. The van der Waals surface area contributed by atoms with Crippen LogP contribution in [0.3, 0.4) is 0 Å². The van der Waals surface area contributed by atoms with E-state index in [-0.39, 0.29) is 11.9 Å². The Morgan fingerprint density at radius 1 is 1.33 bits per heavy atom. The standard InChI is InChI=1S/C19H30N2O5S/c1-14(2)9-11-26-17-8-7-15(12-18(17)25-3)19(22)20-16-6-5-10-21(13-16)27(4,23)24/h7-8,12,14,16H,5-6,9-11,13H2,1-4H3,(H,20,22). The lowest BCUT2D eigenvalue weighted by Gasteiger charge is -2.31. The molecule has 1 amide bonds. The van der Waals surface area contributed by atoms with Crippen LogP contribution < -0.4 is 14.8 Å². The number of amides is 1. The molecule has 1 saturated heterocycles. The molecule has 1 aromatic carbocycles. The fraction of sp³-hybridized carbons (Fsp3) is 0.632. The lowest BCUT2D eigenvalue weighted by molar-refractivity contribution is 0.0921. The maximum absolute atomic E-state index is 12.6. The number of carbonyl (C=O) groups excluding carboxylic acids is 1. The number of carbonyl (C=O) groups is 1. The van der Waals surface area contributed by atoms with Gasteiger partial charge < -0.3 is 14.8 Å². The smallest absolute Gasteiger partial charge is 0.251 e. The molecule has 1 aromatic rings. The number of hydrogen-bond donors (Lipinski definition) is 1. The molecule has 0 aliphatic carbocycles. The first-order chi connectivity index (χ1) is 12.7.